The van der Waals surface area contributed by atoms with Gasteiger partial charge < -0.3 is 5.32 Å². The first-order valence-corrected chi connectivity index (χ1v) is 4.50. The van der Waals surface area contributed by atoms with Gasteiger partial charge in [0.05, 0.1) is 7.05 Å². The lowest BCUT2D eigenvalue weighted by atomic mass is 9.95. The minimum atomic E-state index is 0.143. The lowest BCUT2D eigenvalue weighted by Gasteiger charge is -2.20. The summed E-state index contributed by atoms with van der Waals surface area (Å²) in [6.45, 7) is 4.38. The molecule has 0 bridgehead atoms. The van der Waals surface area contributed by atoms with Gasteiger partial charge in [0, 0.05) is 10.6 Å². The van der Waals surface area contributed by atoms with Gasteiger partial charge in [-0.15, -0.1) is 0 Å². The van der Waals surface area contributed by atoms with Crippen LogP contribution >= 0.6 is 11.6 Å². The summed E-state index contributed by atoms with van der Waals surface area (Å²) in [6.07, 6.45) is 0. The van der Waals surface area contributed by atoms with E-state index in [4.69, 9.17) is 11.6 Å². The molecule has 0 aromatic heterocycles. The molecule has 0 amide bonds. The second-order valence-corrected chi connectivity index (χ2v) is 3.95. The second-order valence-electron chi connectivity index (χ2n) is 3.52. The van der Waals surface area contributed by atoms with Crippen LogP contribution in [0.5, 0.6) is 0 Å². The molecular formula is C10H15ClN+. The lowest BCUT2D eigenvalue weighted by Crippen LogP contribution is -2.89. The van der Waals surface area contributed by atoms with Gasteiger partial charge >= 0.3 is 0 Å². The van der Waals surface area contributed by atoms with Crippen molar-refractivity contribution in [1.29, 1.82) is 0 Å². The van der Waals surface area contributed by atoms with Crippen LogP contribution in [0.3, 0.4) is 0 Å². The van der Waals surface area contributed by atoms with E-state index >= 15 is 0 Å². The fourth-order valence-corrected chi connectivity index (χ4v) is 1.17. The van der Waals surface area contributed by atoms with E-state index in [-0.39, 0.29) is 5.54 Å². The van der Waals surface area contributed by atoms with Crippen LogP contribution in [0.2, 0.25) is 5.02 Å². The van der Waals surface area contributed by atoms with Crippen LogP contribution in [0.1, 0.15) is 19.4 Å². The standard InChI is InChI=1S/C10H14ClN/c1-10(2,12-3)8-4-6-9(11)7-5-8/h4-7,12H,1-3H3/p+1. The summed E-state index contributed by atoms with van der Waals surface area (Å²) in [5, 5.41) is 2.99. The van der Waals surface area contributed by atoms with Crippen LogP contribution in [0, 0.1) is 0 Å². The maximum absolute atomic E-state index is 5.79. The van der Waals surface area contributed by atoms with Crippen molar-refractivity contribution in [2.45, 2.75) is 19.4 Å². The van der Waals surface area contributed by atoms with Gasteiger partial charge in [-0.2, -0.15) is 0 Å². The molecule has 12 heavy (non-hydrogen) atoms. The summed E-state index contributed by atoms with van der Waals surface area (Å²) in [5.41, 5.74) is 1.44. The monoisotopic (exact) mass is 184 g/mol. The van der Waals surface area contributed by atoms with E-state index in [1.807, 2.05) is 12.1 Å². The fourth-order valence-electron chi connectivity index (χ4n) is 1.05. The van der Waals surface area contributed by atoms with Crippen LogP contribution in [-0.4, -0.2) is 7.05 Å². The molecule has 0 aliphatic heterocycles. The highest BCUT2D eigenvalue weighted by atomic mass is 35.5. The summed E-state index contributed by atoms with van der Waals surface area (Å²) < 4.78 is 0. The third-order valence-electron chi connectivity index (χ3n) is 2.31. The van der Waals surface area contributed by atoms with Gasteiger partial charge in [0.2, 0.25) is 0 Å². The third-order valence-corrected chi connectivity index (χ3v) is 2.56. The Morgan fingerprint density at radius 3 is 2.08 bits per heavy atom. The smallest absolute Gasteiger partial charge is 0.116 e. The molecule has 1 aromatic rings. The first-order chi connectivity index (χ1) is 5.56. The van der Waals surface area contributed by atoms with E-state index in [0.29, 0.717) is 0 Å². The molecule has 0 saturated carbocycles. The molecule has 66 valence electrons. The Labute approximate surface area is 78.7 Å². The Hall–Kier alpha value is -0.530. The van der Waals surface area contributed by atoms with Crippen molar-refractivity contribution in [1.82, 2.24) is 0 Å². The van der Waals surface area contributed by atoms with Crippen LogP contribution in [0.4, 0.5) is 0 Å². The van der Waals surface area contributed by atoms with E-state index in [1.54, 1.807) is 0 Å². The minimum absolute atomic E-state index is 0.143. The number of benzene rings is 1. The minimum Gasteiger partial charge on any atom is -0.341 e. The highest BCUT2D eigenvalue weighted by Crippen LogP contribution is 2.17. The van der Waals surface area contributed by atoms with E-state index in [9.17, 15) is 0 Å². The quantitative estimate of drug-likeness (QED) is 0.722. The van der Waals surface area contributed by atoms with Crippen molar-refractivity contribution in [2.24, 2.45) is 0 Å². The Balaban J connectivity index is 2.96. The Morgan fingerprint density at radius 2 is 1.67 bits per heavy atom. The van der Waals surface area contributed by atoms with E-state index < -0.39 is 0 Å². The molecule has 2 N–H and O–H groups in total. The molecule has 2 heteroatoms. The molecule has 1 aromatic carbocycles. The number of nitrogens with two attached hydrogens (primary N) is 1. The van der Waals surface area contributed by atoms with Crippen LogP contribution in [0.15, 0.2) is 24.3 Å². The SMILES string of the molecule is C[NH2+]C(C)(C)c1ccc(Cl)cc1. The molecular weight excluding hydrogens is 170 g/mol. The molecule has 1 rings (SSSR count). The molecule has 0 aliphatic carbocycles. The van der Waals surface area contributed by atoms with Gasteiger partial charge in [-0.3, -0.25) is 0 Å². The predicted molar refractivity (Wildman–Crippen MR) is 52.3 cm³/mol. The van der Waals surface area contributed by atoms with Gasteiger partial charge in [0.1, 0.15) is 5.54 Å². The zero-order chi connectivity index (χ0) is 9.19. The second kappa shape index (κ2) is 3.46. The maximum Gasteiger partial charge on any atom is 0.116 e. The van der Waals surface area contributed by atoms with Crippen LogP contribution < -0.4 is 5.32 Å². The molecule has 0 spiro atoms. The zero-order valence-corrected chi connectivity index (χ0v) is 8.52. The number of hydrogen-bond acceptors (Lipinski definition) is 0. The van der Waals surface area contributed by atoms with Gasteiger partial charge in [-0.25, -0.2) is 0 Å². The normalized spacial score (nSPS) is 11.7. The average Bonchev–Trinajstić information content (AvgIpc) is 2.05. The van der Waals surface area contributed by atoms with Crippen LogP contribution in [0.25, 0.3) is 0 Å². The molecule has 0 heterocycles. The maximum atomic E-state index is 5.79. The van der Waals surface area contributed by atoms with E-state index in [1.165, 1.54) is 5.56 Å². The predicted octanol–water partition coefficient (Wildman–Crippen LogP) is 1.77. The van der Waals surface area contributed by atoms with Crippen LogP contribution in [-0.2, 0) is 5.54 Å². The summed E-state index contributed by atoms with van der Waals surface area (Å²) in [5.74, 6) is 0. The van der Waals surface area contributed by atoms with Crippen molar-refractivity contribution in [3.8, 4) is 0 Å². The Kier molecular flexibility index (Phi) is 2.76. The summed E-state index contributed by atoms with van der Waals surface area (Å²) in [6, 6.07) is 8.01. The third kappa shape index (κ3) is 1.99. The van der Waals surface area contributed by atoms with Crippen molar-refractivity contribution in [3.63, 3.8) is 0 Å². The van der Waals surface area contributed by atoms with Gasteiger partial charge in [-0.1, -0.05) is 23.7 Å². The number of quaternary nitrogens is 1. The number of rotatable bonds is 2. The van der Waals surface area contributed by atoms with Crippen molar-refractivity contribution in [2.75, 3.05) is 7.05 Å². The van der Waals surface area contributed by atoms with Crippen molar-refractivity contribution < 1.29 is 5.32 Å². The van der Waals surface area contributed by atoms with Gasteiger partial charge in [0.25, 0.3) is 0 Å². The van der Waals surface area contributed by atoms with E-state index in [0.717, 1.165) is 5.02 Å². The summed E-state index contributed by atoms with van der Waals surface area (Å²) in [4.78, 5) is 0. The highest BCUT2D eigenvalue weighted by molar-refractivity contribution is 6.30. The van der Waals surface area contributed by atoms with E-state index in [2.05, 4.69) is 38.3 Å². The Bertz CT molecular complexity index is 251. The Morgan fingerprint density at radius 1 is 1.17 bits per heavy atom. The lowest BCUT2D eigenvalue weighted by molar-refractivity contribution is -0.705. The molecule has 0 atom stereocenters. The number of halogens is 1. The summed E-state index contributed by atoms with van der Waals surface area (Å²) in [7, 11) is 2.08. The molecule has 0 saturated heterocycles. The summed E-state index contributed by atoms with van der Waals surface area (Å²) >= 11 is 5.79. The average molecular weight is 185 g/mol. The first kappa shape index (κ1) is 9.56. The number of hydrogen-bond donors (Lipinski definition) is 1. The van der Waals surface area contributed by atoms with Gasteiger partial charge in [-0.05, 0) is 26.0 Å². The topological polar surface area (TPSA) is 16.6 Å². The largest absolute Gasteiger partial charge is 0.341 e. The molecule has 0 unspecified atom stereocenters. The first-order valence-electron chi connectivity index (χ1n) is 4.13. The van der Waals surface area contributed by atoms with Crippen molar-refractivity contribution in [3.05, 3.63) is 34.9 Å². The molecule has 0 aliphatic rings. The van der Waals surface area contributed by atoms with Crippen molar-refractivity contribution >= 4 is 11.6 Å². The van der Waals surface area contributed by atoms with Gasteiger partial charge in [0.15, 0.2) is 0 Å². The molecule has 0 fully saturated rings. The molecule has 0 radical (unpaired) electrons. The highest BCUT2D eigenvalue weighted by Gasteiger charge is 2.20. The fraction of sp³-hybridized carbons (Fsp3) is 0.400. The molecule has 1 nitrogen and oxygen atoms in total. The zero-order valence-electron chi connectivity index (χ0n) is 7.76.